The van der Waals surface area contributed by atoms with Crippen molar-refractivity contribution in [3.63, 3.8) is 0 Å². The molecule has 0 saturated heterocycles. The van der Waals surface area contributed by atoms with Crippen LogP contribution in [0.5, 0.6) is 0 Å². The fraction of sp³-hybridized carbons (Fsp3) is 0. The van der Waals surface area contributed by atoms with Gasteiger partial charge in [0.1, 0.15) is 5.82 Å². The minimum absolute atomic E-state index is 0.150. The summed E-state index contributed by atoms with van der Waals surface area (Å²) < 4.78 is 13.4. The third-order valence-electron chi connectivity index (χ3n) is 2.45. The van der Waals surface area contributed by atoms with Crippen molar-refractivity contribution < 1.29 is 9.18 Å². The molecule has 0 saturated carbocycles. The number of halogens is 2. The lowest BCUT2D eigenvalue weighted by molar-refractivity contribution is 0.0977. The lowest BCUT2D eigenvalue weighted by Gasteiger charge is -2.10. The van der Waals surface area contributed by atoms with Crippen LogP contribution in [0.3, 0.4) is 0 Å². The van der Waals surface area contributed by atoms with Crippen LogP contribution < -0.4 is 10.6 Å². The Labute approximate surface area is 129 Å². The molecule has 0 heterocycles. The first-order chi connectivity index (χ1) is 9.56. The lowest BCUT2D eigenvalue weighted by atomic mass is 10.2. The number of hydrogen-bond donors (Lipinski definition) is 2. The summed E-state index contributed by atoms with van der Waals surface area (Å²) >= 11 is 8.33. The molecule has 0 aliphatic rings. The lowest BCUT2D eigenvalue weighted by Crippen LogP contribution is -2.34. The van der Waals surface area contributed by atoms with Gasteiger partial charge in [-0.2, -0.15) is 0 Å². The number of amides is 1. The molecule has 102 valence electrons. The molecule has 0 aliphatic carbocycles. The van der Waals surface area contributed by atoms with Crippen molar-refractivity contribution >= 4 is 44.9 Å². The summed E-state index contributed by atoms with van der Waals surface area (Å²) in [6.45, 7) is 0. The van der Waals surface area contributed by atoms with Crippen molar-refractivity contribution in [1.29, 1.82) is 0 Å². The monoisotopic (exact) mass is 352 g/mol. The summed E-state index contributed by atoms with van der Waals surface area (Å²) in [5, 5.41) is 5.51. The summed E-state index contributed by atoms with van der Waals surface area (Å²) in [6, 6.07) is 12.7. The Balaban J connectivity index is 2.00. The summed E-state index contributed by atoms with van der Waals surface area (Å²) in [4.78, 5) is 12.0. The van der Waals surface area contributed by atoms with E-state index >= 15 is 0 Å². The Morgan fingerprint density at radius 3 is 2.40 bits per heavy atom. The Morgan fingerprint density at radius 2 is 1.75 bits per heavy atom. The maximum atomic E-state index is 12.8. The molecule has 0 atom stereocenters. The number of nitrogens with one attached hydrogen (secondary N) is 2. The second-order valence-electron chi connectivity index (χ2n) is 3.89. The van der Waals surface area contributed by atoms with Crippen LogP contribution in [0, 0.1) is 5.82 Å². The molecule has 0 radical (unpaired) electrons. The molecular weight excluding hydrogens is 343 g/mol. The second-order valence-corrected chi connectivity index (χ2v) is 5.16. The Morgan fingerprint density at radius 1 is 1.10 bits per heavy atom. The van der Waals surface area contributed by atoms with E-state index in [1.54, 1.807) is 18.2 Å². The number of carbonyl (C=O) groups is 1. The quantitative estimate of drug-likeness (QED) is 0.809. The van der Waals surface area contributed by atoms with E-state index in [-0.39, 0.29) is 16.8 Å². The van der Waals surface area contributed by atoms with Crippen molar-refractivity contribution in [2.24, 2.45) is 0 Å². The van der Waals surface area contributed by atoms with Crippen LogP contribution in [0.2, 0.25) is 0 Å². The topological polar surface area (TPSA) is 41.1 Å². The van der Waals surface area contributed by atoms with E-state index in [1.165, 1.54) is 24.3 Å². The first-order valence-corrected chi connectivity index (χ1v) is 6.89. The van der Waals surface area contributed by atoms with Gasteiger partial charge in [0.15, 0.2) is 5.11 Å². The van der Waals surface area contributed by atoms with Crippen molar-refractivity contribution in [2.45, 2.75) is 0 Å². The van der Waals surface area contributed by atoms with Crippen molar-refractivity contribution in [1.82, 2.24) is 5.32 Å². The molecular formula is C14H10BrFN2OS. The highest BCUT2D eigenvalue weighted by Gasteiger charge is 2.10. The minimum Gasteiger partial charge on any atom is -0.332 e. The molecule has 0 fully saturated rings. The average Bonchev–Trinajstić information content (AvgIpc) is 2.41. The van der Waals surface area contributed by atoms with Crippen LogP contribution in [0.1, 0.15) is 10.4 Å². The van der Waals surface area contributed by atoms with E-state index < -0.39 is 0 Å². The van der Waals surface area contributed by atoms with Gasteiger partial charge in [-0.3, -0.25) is 10.1 Å². The average molecular weight is 353 g/mol. The standard InChI is InChI=1S/C14H10BrFN2OS/c15-12-4-2-1-3-11(12)13(19)18-14(20)17-10-7-5-9(16)6-8-10/h1-8H,(H2,17,18,19,20). The fourth-order valence-corrected chi connectivity index (χ4v) is 2.19. The van der Waals surface area contributed by atoms with E-state index in [9.17, 15) is 9.18 Å². The highest BCUT2D eigenvalue weighted by Crippen LogP contribution is 2.15. The molecule has 2 N–H and O–H groups in total. The van der Waals surface area contributed by atoms with Crippen molar-refractivity contribution in [3.05, 3.63) is 64.4 Å². The molecule has 6 heteroatoms. The van der Waals surface area contributed by atoms with E-state index in [4.69, 9.17) is 12.2 Å². The van der Waals surface area contributed by atoms with Gasteiger partial charge in [-0.05, 0) is 64.5 Å². The van der Waals surface area contributed by atoms with Gasteiger partial charge in [0.2, 0.25) is 0 Å². The Hall–Kier alpha value is -1.79. The van der Waals surface area contributed by atoms with Gasteiger partial charge in [-0.15, -0.1) is 0 Å². The zero-order valence-corrected chi connectivity index (χ0v) is 12.6. The van der Waals surface area contributed by atoms with Gasteiger partial charge >= 0.3 is 0 Å². The number of rotatable bonds is 2. The molecule has 3 nitrogen and oxygen atoms in total. The van der Waals surface area contributed by atoms with Gasteiger partial charge in [-0.1, -0.05) is 12.1 Å². The molecule has 1 amide bonds. The molecule has 0 aromatic heterocycles. The van der Waals surface area contributed by atoms with Crippen molar-refractivity contribution in [2.75, 3.05) is 5.32 Å². The van der Waals surface area contributed by atoms with Gasteiger partial charge < -0.3 is 5.32 Å². The van der Waals surface area contributed by atoms with Crippen LogP contribution in [0.4, 0.5) is 10.1 Å². The van der Waals surface area contributed by atoms with E-state index in [2.05, 4.69) is 26.6 Å². The van der Waals surface area contributed by atoms with Gasteiger partial charge in [0.25, 0.3) is 5.91 Å². The number of hydrogen-bond acceptors (Lipinski definition) is 2. The summed E-state index contributed by atoms with van der Waals surface area (Å²) in [5.41, 5.74) is 1.08. The number of benzene rings is 2. The van der Waals surface area contributed by atoms with Gasteiger partial charge in [-0.25, -0.2) is 4.39 Å². The molecule has 2 aromatic carbocycles. The molecule has 0 spiro atoms. The Bertz CT molecular complexity index is 646. The van der Waals surface area contributed by atoms with Crippen LogP contribution in [0.15, 0.2) is 53.0 Å². The number of thiocarbonyl (C=S) groups is 1. The van der Waals surface area contributed by atoms with Gasteiger partial charge in [0, 0.05) is 10.2 Å². The molecule has 2 aromatic rings. The van der Waals surface area contributed by atoms with E-state index in [0.29, 0.717) is 15.7 Å². The summed E-state index contributed by atoms with van der Waals surface area (Å²) in [6.07, 6.45) is 0. The van der Waals surface area contributed by atoms with Crippen LogP contribution >= 0.6 is 28.1 Å². The predicted molar refractivity (Wildman–Crippen MR) is 84.2 cm³/mol. The Kier molecular flexibility index (Phi) is 4.81. The predicted octanol–water partition coefficient (Wildman–Crippen LogP) is 3.72. The van der Waals surface area contributed by atoms with Crippen LogP contribution in [-0.4, -0.2) is 11.0 Å². The molecule has 2 rings (SSSR count). The largest absolute Gasteiger partial charge is 0.332 e. The van der Waals surface area contributed by atoms with E-state index in [1.807, 2.05) is 6.07 Å². The fourth-order valence-electron chi connectivity index (χ4n) is 1.51. The van der Waals surface area contributed by atoms with Crippen molar-refractivity contribution in [3.8, 4) is 0 Å². The third-order valence-corrected chi connectivity index (χ3v) is 3.34. The summed E-state index contributed by atoms with van der Waals surface area (Å²) in [5.74, 6) is -0.657. The minimum atomic E-state index is -0.335. The second kappa shape index (κ2) is 6.58. The highest BCUT2D eigenvalue weighted by atomic mass is 79.9. The molecule has 20 heavy (non-hydrogen) atoms. The maximum Gasteiger partial charge on any atom is 0.258 e. The smallest absolute Gasteiger partial charge is 0.258 e. The third kappa shape index (κ3) is 3.85. The van der Waals surface area contributed by atoms with Gasteiger partial charge in [0.05, 0.1) is 5.56 Å². The first kappa shape index (κ1) is 14.6. The molecule has 0 bridgehead atoms. The molecule has 0 unspecified atom stereocenters. The van der Waals surface area contributed by atoms with Crippen LogP contribution in [0.25, 0.3) is 0 Å². The SMILES string of the molecule is O=C(NC(=S)Nc1ccc(F)cc1)c1ccccc1Br. The highest BCUT2D eigenvalue weighted by molar-refractivity contribution is 9.10. The zero-order chi connectivity index (χ0) is 14.5. The van der Waals surface area contributed by atoms with E-state index in [0.717, 1.165) is 0 Å². The first-order valence-electron chi connectivity index (χ1n) is 5.68. The molecule has 0 aliphatic heterocycles. The maximum absolute atomic E-state index is 12.8. The number of anilines is 1. The number of carbonyl (C=O) groups excluding carboxylic acids is 1. The van der Waals surface area contributed by atoms with Crippen LogP contribution in [-0.2, 0) is 0 Å². The summed E-state index contributed by atoms with van der Waals surface area (Å²) in [7, 11) is 0. The zero-order valence-electron chi connectivity index (χ0n) is 10.2. The normalized spacial score (nSPS) is 9.90.